The van der Waals surface area contributed by atoms with Crippen LogP contribution in [0.1, 0.15) is 26.7 Å². The van der Waals surface area contributed by atoms with E-state index in [0.717, 1.165) is 24.5 Å². The van der Waals surface area contributed by atoms with Gasteiger partial charge in [-0.05, 0) is 57.5 Å². The summed E-state index contributed by atoms with van der Waals surface area (Å²) >= 11 is 0. The van der Waals surface area contributed by atoms with Gasteiger partial charge in [0.25, 0.3) is 0 Å². The summed E-state index contributed by atoms with van der Waals surface area (Å²) < 4.78 is 11.1. The van der Waals surface area contributed by atoms with Gasteiger partial charge < -0.3 is 14.6 Å². The fraction of sp³-hybridized carbons (Fsp3) is 0.562. The number of carboxylic acids is 1. The van der Waals surface area contributed by atoms with Crippen molar-refractivity contribution in [2.24, 2.45) is 0 Å². The molecule has 0 spiro atoms. The predicted octanol–water partition coefficient (Wildman–Crippen LogP) is 2.40. The van der Waals surface area contributed by atoms with Gasteiger partial charge in [-0.1, -0.05) is 0 Å². The first-order valence-electron chi connectivity index (χ1n) is 7.40. The summed E-state index contributed by atoms with van der Waals surface area (Å²) in [5, 5.41) is 9.34. The number of aliphatic carboxylic acids is 1. The Hall–Kier alpha value is -1.75. The van der Waals surface area contributed by atoms with Crippen molar-refractivity contribution in [3.63, 3.8) is 0 Å². The Morgan fingerprint density at radius 1 is 1.29 bits per heavy atom. The molecule has 1 heterocycles. The second-order valence-electron chi connectivity index (χ2n) is 5.42. The number of carbonyl (C=O) groups is 1. The smallest absolute Gasteiger partial charge is 0.323 e. The lowest BCUT2D eigenvalue weighted by Gasteiger charge is -2.30. The van der Waals surface area contributed by atoms with E-state index in [-0.39, 0.29) is 0 Å². The highest BCUT2D eigenvalue weighted by atomic mass is 16.5. The van der Waals surface area contributed by atoms with Crippen molar-refractivity contribution in [1.82, 2.24) is 4.90 Å². The van der Waals surface area contributed by atoms with Gasteiger partial charge in [-0.25, -0.2) is 0 Å². The molecule has 1 aromatic carbocycles. The number of hydrogen-bond acceptors (Lipinski definition) is 4. The van der Waals surface area contributed by atoms with Gasteiger partial charge in [-0.2, -0.15) is 0 Å². The second kappa shape index (κ2) is 6.80. The molecule has 0 bridgehead atoms. The van der Waals surface area contributed by atoms with E-state index in [4.69, 9.17) is 9.47 Å². The summed E-state index contributed by atoms with van der Waals surface area (Å²) in [6.45, 7) is 6.30. The quantitative estimate of drug-likeness (QED) is 0.836. The van der Waals surface area contributed by atoms with Crippen LogP contribution in [0.5, 0.6) is 11.5 Å². The normalized spacial score (nSPS) is 22.2. The van der Waals surface area contributed by atoms with Crippen LogP contribution in [0.3, 0.4) is 0 Å². The van der Waals surface area contributed by atoms with Gasteiger partial charge in [0.2, 0.25) is 0 Å². The number of benzene rings is 1. The fourth-order valence-electron chi connectivity index (χ4n) is 2.69. The Morgan fingerprint density at radius 3 is 2.48 bits per heavy atom. The lowest BCUT2D eigenvalue weighted by Crippen LogP contribution is -2.49. The molecule has 1 atom stereocenters. The van der Waals surface area contributed by atoms with Crippen LogP contribution in [0, 0.1) is 0 Å². The molecule has 1 fully saturated rings. The molecular formula is C16H23NO4. The molecule has 21 heavy (non-hydrogen) atoms. The van der Waals surface area contributed by atoms with Crippen LogP contribution < -0.4 is 9.47 Å². The third-order valence-electron chi connectivity index (χ3n) is 4.01. The summed E-state index contributed by atoms with van der Waals surface area (Å²) in [6.07, 6.45) is 1.62. The largest absolute Gasteiger partial charge is 0.494 e. The molecule has 0 radical (unpaired) electrons. The number of ether oxygens (including phenoxy) is 2. The highest BCUT2D eigenvalue weighted by molar-refractivity contribution is 5.78. The van der Waals surface area contributed by atoms with Gasteiger partial charge in [0, 0.05) is 6.54 Å². The van der Waals surface area contributed by atoms with Crippen molar-refractivity contribution in [2.75, 3.05) is 26.3 Å². The van der Waals surface area contributed by atoms with E-state index >= 15 is 0 Å². The van der Waals surface area contributed by atoms with Gasteiger partial charge in [-0.3, -0.25) is 9.69 Å². The van der Waals surface area contributed by atoms with Gasteiger partial charge in [-0.15, -0.1) is 0 Å². The summed E-state index contributed by atoms with van der Waals surface area (Å²) in [6, 6.07) is 7.48. The molecule has 1 aliphatic rings. The Kier molecular flexibility index (Phi) is 5.07. The monoisotopic (exact) mass is 293 g/mol. The Labute approximate surface area is 125 Å². The van der Waals surface area contributed by atoms with Crippen molar-refractivity contribution in [3.8, 4) is 11.5 Å². The lowest BCUT2D eigenvalue weighted by molar-refractivity contribution is -0.148. The maximum atomic E-state index is 11.4. The van der Waals surface area contributed by atoms with E-state index in [2.05, 4.69) is 0 Å². The van der Waals surface area contributed by atoms with Crippen LogP contribution in [-0.2, 0) is 4.79 Å². The molecule has 1 aliphatic heterocycles. The zero-order valence-corrected chi connectivity index (χ0v) is 12.7. The van der Waals surface area contributed by atoms with Crippen molar-refractivity contribution in [2.45, 2.75) is 32.2 Å². The molecular weight excluding hydrogens is 270 g/mol. The molecule has 1 saturated heterocycles. The first-order chi connectivity index (χ1) is 10.1. The van der Waals surface area contributed by atoms with Crippen molar-refractivity contribution < 1.29 is 19.4 Å². The Bertz CT molecular complexity index is 474. The molecule has 0 amide bonds. The molecule has 1 N–H and O–H groups in total. The molecule has 5 heteroatoms. The SMILES string of the molecule is CCOc1ccc(OCCN2CCCC2(C)C(=O)O)cc1. The second-order valence-corrected chi connectivity index (χ2v) is 5.42. The molecule has 116 valence electrons. The molecule has 0 saturated carbocycles. The summed E-state index contributed by atoms with van der Waals surface area (Å²) in [5.41, 5.74) is -0.748. The minimum Gasteiger partial charge on any atom is -0.494 e. The van der Waals surface area contributed by atoms with Gasteiger partial charge in [0.1, 0.15) is 23.6 Å². The first-order valence-corrected chi connectivity index (χ1v) is 7.40. The van der Waals surface area contributed by atoms with Gasteiger partial charge in [0.05, 0.1) is 6.61 Å². The molecule has 0 aliphatic carbocycles. The van der Waals surface area contributed by atoms with E-state index < -0.39 is 11.5 Å². The maximum absolute atomic E-state index is 11.4. The van der Waals surface area contributed by atoms with Gasteiger partial charge in [0.15, 0.2) is 0 Å². The van der Waals surface area contributed by atoms with E-state index in [1.807, 2.05) is 36.1 Å². The van der Waals surface area contributed by atoms with E-state index in [1.54, 1.807) is 6.92 Å². The van der Waals surface area contributed by atoms with Crippen molar-refractivity contribution in [1.29, 1.82) is 0 Å². The van der Waals surface area contributed by atoms with Crippen LogP contribution in [0.25, 0.3) is 0 Å². The van der Waals surface area contributed by atoms with Crippen LogP contribution in [0.2, 0.25) is 0 Å². The number of carboxylic acid groups (broad SMARTS) is 1. The Morgan fingerprint density at radius 2 is 1.90 bits per heavy atom. The zero-order chi connectivity index (χ0) is 15.3. The van der Waals surface area contributed by atoms with Crippen molar-refractivity contribution in [3.05, 3.63) is 24.3 Å². The third-order valence-corrected chi connectivity index (χ3v) is 4.01. The highest BCUT2D eigenvalue weighted by Crippen LogP contribution is 2.28. The summed E-state index contributed by atoms with van der Waals surface area (Å²) in [7, 11) is 0. The number of likely N-dealkylation sites (tertiary alicyclic amines) is 1. The van der Waals surface area contributed by atoms with Crippen LogP contribution >= 0.6 is 0 Å². The van der Waals surface area contributed by atoms with Gasteiger partial charge >= 0.3 is 5.97 Å². The molecule has 0 aromatic heterocycles. The average Bonchev–Trinajstić information content (AvgIpc) is 2.84. The van der Waals surface area contributed by atoms with E-state index in [9.17, 15) is 9.90 Å². The first kappa shape index (κ1) is 15.6. The maximum Gasteiger partial charge on any atom is 0.323 e. The molecule has 1 aromatic rings. The average molecular weight is 293 g/mol. The topological polar surface area (TPSA) is 59.0 Å². The molecule has 1 unspecified atom stereocenters. The predicted molar refractivity (Wildman–Crippen MR) is 80.0 cm³/mol. The number of rotatable bonds is 7. The van der Waals surface area contributed by atoms with Crippen LogP contribution in [0.15, 0.2) is 24.3 Å². The van der Waals surface area contributed by atoms with Crippen molar-refractivity contribution >= 4 is 5.97 Å². The summed E-state index contributed by atoms with van der Waals surface area (Å²) in [4.78, 5) is 13.4. The Balaban J connectivity index is 1.82. The van der Waals surface area contributed by atoms with Crippen LogP contribution in [0.4, 0.5) is 0 Å². The number of hydrogen-bond donors (Lipinski definition) is 1. The minimum atomic E-state index is -0.749. The number of nitrogens with zero attached hydrogens (tertiary/aromatic N) is 1. The summed E-state index contributed by atoms with van der Waals surface area (Å²) in [5.74, 6) is 0.846. The third kappa shape index (κ3) is 3.67. The zero-order valence-electron chi connectivity index (χ0n) is 12.7. The minimum absolute atomic E-state index is 0.483. The molecule has 2 rings (SSSR count). The fourth-order valence-corrected chi connectivity index (χ4v) is 2.69. The van der Waals surface area contributed by atoms with E-state index in [0.29, 0.717) is 26.2 Å². The molecule has 5 nitrogen and oxygen atoms in total. The van der Waals surface area contributed by atoms with Crippen LogP contribution in [-0.4, -0.2) is 47.8 Å². The van der Waals surface area contributed by atoms with E-state index in [1.165, 1.54) is 0 Å². The lowest BCUT2D eigenvalue weighted by atomic mass is 9.99. The highest BCUT2D eigenvalue weighted by Gasteiger charge is 2.42. The standard InChI is InChI=1S/C16H23NO4/c1-3-20-13-5-7-14(8-6-13)21-12-11-17-10-4-9-16(17,2)15(18)19/h5-8H,3-4,9-12H2,1-2H3,(H,18,19).